The number of nitrogens with two attached hydrogens (primary N) is 1. The van der Waals surface area contributed by atoms with Crippen LogP contribution in [0.1, 0.15) is 5.56 Å². The van der Waals surface area contributed by atoms with E-state index in [1.54, 1.807) is 11.8 Å². The summed E-state index contributed by atoms with van der Waals surface area (Å²) < 4.78 is 1.08. The maximum Gasteiger partial charge on any atom is 0.0417 e. The Bertz CT molecular complexity index is 545. The number of hydrogen-bond acceptors (Lipinski definition) is 2. The van der Waals surface area contributed by atoms with E-state index >= 15 is 0 Å². The van der Waals surface area contributed by atoms with Gasteiger partial charge in [-0.05, 0) is 54.9 Å². The zero-order valence-electron chi connectivity index (χ0n) is 9.70. The lowest BCUT2D eigenvalue weighted by Gasteiger charge is -2.09. The Morgan fingerprint density at radius 3 is 2.72 bits per heavy atom. The highest BCUT2D eigenvalue weighted by Crippen LogP contribution is 2.33. The van der Waals surface area contributed by atoms with Gasteiger partial charge in [0.25, 0.3) is 0 Å². The summed E-state index contributed by atoms with van der Waals surface area (Å²) in [6.07, 6.45) is 0.877. The van der Waals surface area contributed by atoms with Crippen LogP contribution in [0.3, 0.4) is 0 Å². The van der Waals surface area contributed by atoms with Gasteiger partial charge in [-0.2, -0.15) is 0 Å². The SMILES string of the molecule is NCCc1cc(Br)ccc1Sc1cccc(Cl)c1. The molecule has 0 aromatic heterocycles. The third-order valence-electron chi connectivity index (χ3n) is 2.46. The topological polar surface area (TPSA) is 26.0 Å². The Balaban J connectivity index is 2.28. The Morgan fingerprint density at radius 2 is 2.00 bits per heavy atom. The molecule has 94 valence electrons. The van der Waals surface area contributed by atoms with Gasteiger partial charge in [-0.25, -0.2) is 0 Å². The molecule has 0 aliphatic carbocycles. The maximum absolute atomic E-state index is 6.00. The van der Waals surface area contributed by atoms with E-state index in [1.165, 1.54) is 10.5 Å². The molecule has 2 rings (SSSR count). The van der Waals surface area contributed by atoms with Crippen molar-refractivity contribution < 1.29 is 0 Å². The molecule has 2 aromatic rings. The lowest BCUT2D eigenvalue weighted by Crippen LogP contribution is -2.03. The van der Waals surface area contributed by atoms with Crippen molar-refractivity contribution in [3.8, 4) is 0 Å². The second-order valence-electron chi connectivity index (χ2n) is 3.85. The zero-order valence-corrected chi connectivity index (χ0v) is 12.9. The summed E-state index contributed by atoms with van der Waals surface area (Å²) >= 11 is 11.2. The van der Waals surface area contributed by atoms with Gasteiger partial charge in [-0.3, -0.25) is 0 Å². The Labute approximate surface area is 125 Å². The molecule has 0 saturated carbocycles. The normalized spacial score (nSPS) is 10.6. The van der Waals surface area contributed by atoms with Crippen LogP contribution in [0.2, 0.25) is 5.02 Å². The minimum Gasteiger partial charge on any atom is -0.330 e. The fraction of sp³-hybridized carbons (Fsp3) is 0.143. The van der Waals surface area contributed by atoms with Crippen LogP contribution >= 0.6 is 39.3 Å². The molecule has 0 amide bonds. The molecule has 0 aliphatic rings. The number of benzene rings is 2. The molecular weight excluding hydrogens is 330 g/mol. The molecule has 0 spiro atoms. The van der Waals surface area contributed by atoms with Gasteiger partial charge in [0.15, 0.2) is 0 Å². The van der Waals surface area contributed by atoms with Gasteiger partial charge < -0.3 is 5.73 Å². The van der Waals surface area contributed by atoms with Crippen LogP contribution in [0.4, 0.5) is 0 Å². The standard InChI is InChI=1S/C14H13BrClNS/c15-11-4-5-14(10(8-11)6-7-17)18-13-3-1-2-12(16)9-13/h1-5,8-9H,6-7,17H2. The van der Waals surface area contributed by atoms with Crippen molar-refractivity contribution in [3.63, 3.8) is 0 Å². The van der Waals surface area contributed by atoms with Gasteiger partial charge in [0.05, 0.1) is 0 Å². The predicted octanol–water partition coefficient (Wildman–Crippen LogP) is 4.75. The minimum absolute atomic E-state index is 0.652. The molecule has 4 heteroatoms. The largest absolute Gasteiger partial charge is 0.330 e. The molecule has 1 nitrogen and oxygen atoms in total. The molecule has 0 heterocycles. The fourth-order valence-electron chi connectivity index (χ4n) is 1.66. The zero-order chi connectivity index (χ0) is 13.0. The number of hydrogen-bond donors (Lipinski definition) is 1. The Kier molecular flexibility index (Phi) is 5.13. The van der Waals surface area contributed by atoms with Gasteiger partial charge in [-0.15, -0.1) is 0 Å². The Morgan fingerprint density at radius 1 is 1.17 bits per heavy atom. The maximum atomic E-state index is 6.00. The molecule has 0 fully saturated rings. The summed E-state index contributed by atoms with van der Waals surface area (Å²) in [6, 6.07) is 14.2. The highest BCUT2D eigenvalue weighted by Gasteiger charge is 2.05. The summed E-state index contributed by atoms with van der Waals surface area (Å²) in [7, 11) is 0. The molecule has 18 heavy (non-hydrogen) atoms. The first-order valence-corrected chi connectivity index (χ1v) is 7.59. The summed E-state index contributed by atoms with van der Waals surface area (Å²) in [6.45, 7) is 0.652. The third-order valence-corrected chi connectivity index (χ3v) is 4.30. The summed E-state index contributed by atoms with van der Waals surface area (Å²) in [4.78, 5) is 2.37. The molecule has 0 radical (unpaired) electrons. The van der Waals surface area contributed by atoms with Crippen LogP contribution in [-0.2, 0) is 6.42 Å². The van der Waals surface area contributed by atoms with Gasteiger partial charge in [-0.1, -0.05) is 45.4 Å². The summed E-state index contributed by atoms with van der Waals surface area (Å²) in [5, 5.41) is 0.762. The van der Waals surface area contributed by atoms with Crippen molar-refractivity contribution in [2.75, 3.05) is 6.54 Å². The van der Waals surface area contributed by atoms with Gasteiger partial charge >= 0.3 is 0 Å². The first-order valence-electron chi connectivity index (χ1n) is 5.61. The highest BCUT2D eigenvalue weighted by atomic mass is 79.9. The third kappa shape index (κ3) is 3.75. The second-order valence-corrected chi connectivity index (χ2v) is 6.32. The van der Waals surface area contributed by atoms with Crippen molar-refractivity contribution in [3.05, 3.63) is 57.5 Å². The van der Waals surface area contributed by atoms with E-state index in [-0.39, 0.29) is 0 Å². The van der Waals surface area contributed by atoms with Crippen molar-refractivity contribution in [1.29, 1.82) is 0 Å². The van der Waals surface area contributed by atoms with E-state index in [0.29, 0.717) is 6.54 Å². The molecule has 2 N–H and O–H groups in total. The molecule has 0 saturated heterocycles. The van der Waals surface area contributed by atoms with E-state index in [4.69, 9.17) is 17.3 Å². The lowest BCUT2D eigenvalue weighted by molar-refractivity contribution is 0.943. The second kappa shape index (κ2) is 6.62. The monoisotopic (exact) mass is 341 g/mol. The van der Waals surface area contributed by atoms with E-state index in [1.807, 2.05) is 24.3 Å². The van der Waals surface area contributed by atoms with E-state index < -0.39 is 0 Å². The minimum atomic E-state index is 0.652. The summed E-state index contributed by atoms with van der Waals surface area (Å²) in [5.74, 6) is 0. The van der Waals surface area contributed by atoms with Crippen molar-refractivity contribution in [1.82, 2.24) is 0 Å². The quantitative estimate of drug-likeness (QED) is 0.867. The van der Waals surface area contributed by atoms with E-state index in [9.17, 15) is 0 Å². The number of rotatable bonds is 4. The first kappa shape index (κ1) is 13.9. The first-order chi connectivity index (χ1) is 8.69. The fourth-order valence-corrected chi connectivity index (χ4v) is 3.33. The molecule has 0 bridgehead atoms. The van der Waals surface area contributed by atoms with Crippen LogP contribution < -0.4 is 5.73 Å². The van der Waals surface area contributed by atoms with Crippen molar-refractivity contribution >= 4 is 39.3 Å². The van der Waals surface area contributed by atoms with Crippen LogP contribution in [0, 0.1) is 0 Å². The predicted molar refractivity (Wildman–Crippen MR) is 82.5 cm³/mol. The van der Waals surface area contributed by atoms with Gasteiger partial charge in [0, 0.05) is 19.3 Å². The highest BCUT2D eigenvalue weighted by molar-refractivity contribution is 9.10. The average molecular weight is 343 g/mol. The van der Waals surface area contributed by atoms with Crippen molar-refractivity contribution in [2.24, 2.45) is 5.73 Å². The average Bonchev–Trinajstić information content (AvgIpc) is 2.33. The molecule has 0 atom stereocenters. The van der Waals surface area contributed by atoms with Crippen LogP contribution in [0.15, 0.2) is 56.7 Å². The van der Waals surface area contributed by atoms with Crippen LogP contribution in [0.5, 0.6) is 0 Å². The smallest absolute Gasteiger partial charge is 0.0417 e. The van der Waals surface area contributed by atoms with Crippen LogP contribution in [0.25, 0.3) is 0 Å². The van der Waals surface area contributed by atoms with Gasteiger partial charge in [0.2, 0.25) is 0 Å². The summed E-state index contributed by atoms with van der Waals surface area (Å²) in [5.41, 5.74) is 6.91. The van der Waals surface area contributed by atoms with Gasteiger partial charge in [0.1, 0.15) is 0 Å². The van der Waals surface area contributed by atoms with Crippen molar-refractivity contribution in [2.45, 2.75) is 16.2 Å². The molecule has 0 unspecified atom stereocenters. The molecule has 0 aliphatic heterocycles. The Hall–Kier alpha value is -0.480. The molecule has 2 aromatic carbocycles. The van der Waals surface area contributed by atoms with Crippen LogP contribution in [-0.4, -0.2) is 6.54 Å². The van der Waals surface area contributed by atoms with E-state index in [2.05, 4.69) is 34.1 Å². The number of halogens is 2. The lowest BCUT2D eigenvalue weighted by atomic mass is 10.1. The molecular formula is C14H13BrClNS. The van der Waals surface area contributed by atoms with E-state index in [0.717, 1.165) is 20.8 Å².